The van der Waals surface area contributed by atoms with E-state index in [9.17, 15) is 19.5 Å². The van der Waals surface area contributed by atoms with Gasteiger partial charge in [0.05, 0.1) is 18.2 Å². The Morgan fingerprint density at radius 3 is 2.58 bits per heavy atom. The van der Waals surface area contributed by atoms with Gasteiger partial charge in [-0.25, -0.2) is 4.79 Å². The fourth-order valence-corrected chi connectivity index (χ4v) is 3.06. The Hall–Kier alpha value is -4.14. The number of hydrogen-bond acceptors (Lipinski definition) is 8. The molecule has 1 aliphatic heterocycles. The van der Waals surface area contributed by atoms with E-state index < -0.39 is 48.3 Å². The summed E-state index contributed by atoms with van der Waals surface area (Å²) < 4.78 is 5.24. The van der Waals surface area contributed by atoms with Gasteiger partial charge < -0.3 is 30.4 Å². The van der Waals surface area contributed by atoms with Crippen molar-refractivity contribution in [1.82, 2.24) is 10.6 Å². The van der Waals surface area contributed by atoms with Crippen LogP contribution in [0.15, 0.2) is 47.4 Å². The molecule has 0 saturated carbocycles. The molecule has 12 heteroatoms. The number of hydrogen-bond donors (Lipinski definition) is 4. The molecule has 176 valence electrons. The van der Waals surface area contributed by atoms with Gasteiger partial charge in [-0.2, -0.15) is 0 Å². The summed E-state index contributed by atoms with van der Waals surface area (Å²) in [5, 5.41) is 36.2. The summed E-state index contributed by atoms with van der Waals surface area (Å²) in [5.74, 6) is -2.76. The van der Waals surface area contributed by atoms with Crippen molar-refractivity contribution in [2.75, 3.05) is 0 Å². The molecular weight excluding hydrogens is 434 g/mol. The number of carbonyl (C=O) groups excluding carboxylic acids is 2. The first-order valence-electron chi connectivity index (χ1n) is 10.2. The SMILES string of the molecule is CC(C)[C@H](NC(=O)OCc1ccccc1)C1=NOC(C(=O)N[C@@H](CC(=O)O)/C(O)=C/[N+]#N)C1. The number of oxime groups is 1. The van der Waals surface area contributed by atoms with E-state index in [1.54, 1.807) is 0 Å². The number of alkyl carbamates (subject to hydrolysis) is 1. The highest BCUT2D eigenvalue weighted by Gasteiger charge is 2.36. The Morgan fingerprint density at radius 2 is 1.97 bits per heavy atom. The summed E-state index contributed by atoms with van der Waals surface area (Å²) in [5.41, 5.74) is 1.23. The number of amides is 2. The van der Waals surface area contributed by atoms with E-state index in [1.807, 2.05) is 44.2 Å². The fourth-order valence-electron chi connectivity index (χ4n) is 3.06. The molecule has 2 amide bonds. The molecule has 1 aromatic rings. The van der Waals surface area contributed by atoms with Gasteiger partial charge in [-0.05, 0) is 11.5 Å². The number of aliphatic hydroxyl groups excluding tert-OH is 1. The van der Waals surface area contributed by atoms with Crippen LogP contribution in [-0.2, 0) is 25.8 Å². The van der Waals surface area contributed by atoms with Gasteiger partial charge in [-0.3, -0.25) is 9.59 Å². The lowest BCUT2D eigenvalue weighted by molar-refractivity contribution is -0.138. The Morgan fingerprint density at radius 1 is 1.27 bits per heavy atom. The van der Waals surface area contributed by atoms with Crippen molar-refractivity contribution in [1.29, 1.82) is 5.39 Å². The molecule has 0 aliphatic carbocycles. The number of aliphatic hydroxyl groups is 1. The fraction of sp³-hybridized carbons (Fsp3) is 0.429. The predicted molar refractivity (Wildman–Crippen MR) is 115 cm³/mol. The molecule has 0 saturated heterocycles. The monoisotopic (exact) mass is 460 g/mol. The molecule has 3 atom stereocenters. The maximum absolute atomic E-state index is 12.5. The van der Waals surface area contributed by atoms with Crippen LogP contribution in [-0.4, -0.2) is 52.1 Å². The van der Waals surface area contributed by atoms with Crippen LogP contribution in [0.25, 0.3) is 4.98 Å². The molecule has 0 aromatic heterocycles. The van der Waals surface area contributed by atoms with Gasteiger partial charge in [-0.15, -0.1) is 0 Å². The summed E-state index contributed by atoms with van der Waals surface area (Å²) in [6.07, 6.45) is -1.75. The number of benzene rings is 1. The summed E-state index contributed by atoms with van der Waals surface area (Å²) in [6, 6.07) is 7.27. The second-order valence-corrected chi connectivity index (χ2v) is 7.64. The minimum atomic E-state index is -1.33. The van der Waals surface area contributed by atoms with Gasteiger partial charge >= 0.3 is 18.3 Å². The molecule has 12 nitrogen and oxygen atoms in total. The van der Waals surface area contributed by atoms with Crippen LogP contribution in [0.1, 0.15) is 32.3 Å². The number of nitrogens with zero attached hydrogens (tertiary/aromatic N) is 3. The zero-order valence-corrected chi connectivity index (χ0v) is 18.2. The van der Waals surface area contributed by atoms with Crippen LogP contribution >= 0.6 is 0 Å². The molecule has 0 fully saturated rings. The van der Waals surface area contributed by atoms with Gasteiger partial charge in [0.15, 0.2) is 4.98 Å². The van der Waals surface area contributed by atoms with Crippen molar-refractivity contribution >= 4 is 23.7 Å². The minimum Gasteiger partial charge on any atom is -0.504 e. The number of diazo groups is 1. The molecule has 33 heavy (non-hydrogen) atoms. The first-order chi connectivity index (χ1) is 15.7. The van der Waals surface area contributed by atoms with Gasteiger partial charge in [0.25, 0.3) is 5.91 Å². The van der Waals surface area contributed by atoms with Crippen molar-refractivity contribution in [3.05, 3.63) is 52.8 Å². The third-order valence-electron chi connectivity index (χ3n) is 4.74. The third kappa shape index (κ3) is 7.80. The molecular formula is C21H26N5O7+. The Kier molecular flexibility index (Phi) is 9.17. The molecule has 1 unspecified atom stereocenters. The van der Waals surface area contributed by atoms with Gasteiger partial charge in [0.2, 0.25) is 17.3 Å². The zero-order chi connectivity index (χ0) is 24.4. The van der Waals surface area contributed by atoms with E-state index >= 15 is 0 Å². The summed E-state index contributed by atoms with van der Waals surface area (Å²) >= 11 is 0. The number of aliphatic carboxylic acids is 1. The van der Waals surface area contributed by atoms with Crippen molar-refractivity contribution < 1.29 is 34.2 Å². The number of carbonyl (C=O) groups is 3. The first kappa shape index (κ1) is 25.1. The molecule has 1 aliphatic rings. The highest BCUT2D eigenvalue weighted by atomic mass is 16.6. The number of nitrogens with one attached hydrogen (secondary N) is 2. The van der Waals surface area contributed by atoms with E-state index in [0.717, 1.165) is 5.56 Å². The van der Waals surface area contributed by atoms with Gasteiger partial charge in [0.1, 0.15) is 12.6 Å². The Labute approximate surface area is 189 Å². The van der Waals surface area contributed by atoms with Crippen LogP contribution in [0, 0.1) is 11.3 Å². The topological polar surface area (TPSA) is 175 Å². The van der Waals surface area contributed by atoms with Crippen molar-refractivity contribution in [2.45, 2.75) is 51.5 Å². The van der Waals surface area contributed by atoms with Crippen LogP contribution in [0.4, 0.5) is 4.79 Å². The van der Waals surface area contributed by atoms with Crippen LogP contribution < -0.4 is 10.6 Å². The van der Waals surface area contributed by atoms with Crippen molar-refractivity contribution in [3.8, 4) is 0 Å². The predicted octanol–water partition coefficient (Wildman–Crippen LogP) is 2.29. The van der Waals surface area contributed by atoms with E-state index in [-0.39, 0.29) is 18.9 Å². The normalized spacial score (nSPS) is 17.2. The first-order valence-corrected chi connectivity index (χ1v) is 10.2. The van der Waals surface area contributed by atoms with Crippen LogP contribution in [0.2, 0.25) is 0 Å². The van der Waals surface area contributed by atoms with E-state index in [2.05, 4.69) is 20.8 Å². The number of ether oxygens (including phenoxy) is 1. The Bertz CT molecular complexity index is 956. The quantitative estimate of drug-likeness (QED) is 0.304. The van der Waals surface area contributed by atoms with Gasteiger partial charge in [-0.1, -0.05) is 49.3 Å². The average Bonchev–Trinajstić information content (AvgIpc) is 3.26. The number of carboxylic acid groups (broad SMARTS) is 1. The summed E-state index contributed by atoms with van der Waals surface area (Å²) in [4.78, 5) is 43.6. The molecule has 0 bridgehead atoms. The van der Waals surface area contributed by atoms with E-state index in [1.165, 1.54) is 0 Å². The molecule has 0 radical (unpaired) electrons. The van der Waals surface area contributed by atoms with Gasteiger partial charge in [0, 0.05) is 6.42 Å². The average molecular weight is 460 g/mol. The smallest absolute Gasteiger partial charge is 0.408 e. The highest BCUT2D eigenvalue weighted by molar-refractivity contribution is 5.97. The third-order valence-corrected chi connectivity index (χ3v) is 4.74. The molecule has 1 heterocycles. The van der Waals surface area contributed by atoms with Crippen molar-refractivity contribution in [3.63, 3.8) is 0 Å². The lowest BCUT2D eigenvalue weighted by atomic mass is 9.95. The zero-order valence-electron chi connectivity index (χ0n) is 18.2. The number of rotatable bonds is 10. The Balaban J connectivity index is 1.95. The molecule has 1 aromatic carbocycles. The molecule has 2 rings (SSSR count). The highest BCUT2D eigenvalue weighted by Crippen LogP contribution is 2.18. The lowest BCUT2D eigenvalue weighted by Crippen LogP contribution is -2.46. The van der Waals surface area contributed by atoms with E-state index in [0.29, 0.717) is 11.9 Å². The number of carboxylic acids is 1. The second-order valence-electron chi connectivity index (χ2n) is 7.64. The maximum atomic E-state index is 12.5. The largest absolute Gasteiger partial charge is 0.504 e. The molecule has 0 spiro atoms. The van der Waals surface area contributed by atoms with Crippen LogP contribution in [0.3, 0.4) is 0 Å². The second kappa shape index (κ2) is 12.0. The molecule has 4 N–H and O–H groups in total. The van der Waals surface area contributed by atoms with Crippen LogP contribution in [0.5, 0.6) is 0 Å². The summed E-state index contributed by atoms with van der Waals surface area (Å²) in [7, 11) is 0. The van der Waals surface area contributed by atoms with Crippen molar-refractivity contribution in [2.24, 2.45) is 11.1 Å². The standard InChI is InChI=1S/C21H25N5O7/c1-12(2)19(25-21(31)32-11-13-6-4-3-5-7-13)15-8-17(33-26-15)20(30)24-14(9-18(28)29)16(27)10-23-22/h3-7,10,12,14,17,19H,8-9,11H2,1-2H3,(H3-,24,25,27,28,29,30,31)/p+1/b16-10-/t14-,17?,19-/m0/s1. The van der Waals surface area contributed by atoms with E-state index in [4.69, 9.17) is 20.1 Å². The maximum Gasteiger partial charge on any atom is 0.408 e. The lowest BCUT2D eigenvalue weighted by Gasteiger charge is -2.21. The minimum absolute atomic E-state index is 0.0300. The summed E-state index contributed by atoms with van der Waals surface area (Å²) in [6.45, 7) is 3.79.